The Morgan fingerprint density at radius 1 is 1.30 bits per heavy atom. The lowest BCUT2D eigenvalue weighted by atomic mass is 10.2. The molecule has 1 amide bonds. The van der Waals surface area contributed by atoms with Gasteiger partial charge in [-0.1, -0.05) is 59.1 Å². The number of hydrogen-bond acceptors (Lipinski definition) is 4. The van der Waals surface area contributed by atoms with Crippen molar-refractivity contribution in [1.29, 1.82) is 0 Å². The molecule has 5 nitrogen and oxygen atoms in total. The first-order chi connectivity index (χ1) is 9.50. The second-order valence-corrected chi connectivity index (χ2v) is 5.01. The first-order valence-electron chi connectivity index (χ1n) is 7.03. The van der Waals surface area contributed by atoms with E-state index in [0.29, 0.717) is 5.82 Å². The predicted molar refractivity (Wildman–Crippen MR) is 83.4 cm³/mol. The number of amides is 1. The number of aromatic nitrogens is 2. The molecule has 1 aromatic heterocycles. The smallest absolute Gasteiger partial charge is 0.240 e. The van der Waals surface area contributed by atoms with E-state index >= 15 is 0 Å². The number of rotatable bonds is 3. The van der Waals surface area contributed by atoms with Gasteiger partial charge in [0, 0.05) is 18.3 Å². The van der Waals surface area contributed by atoms with Gasteiger partial charge in [0.2, 0.25) is 5.91 Å². The highest BCUT2D eigenvalue weighted by Crippen LogP contribution is 2.26. The Balaban J connectivity index is 0.000000501. The second kappa shape index (κ2) is 10.4. The van der Waals surface area contributed by atoms with Gasteiger partial charge in [0.25, 0.3) is 0 Å². The van der Waals surface area contributed by atoms with Crippen LogP contribution in [0.25, 0.3) is 0 Å². The predicted octanol–water partition coefficient (Wildman–Crippen LogP) is 3.67. The van der Waals surface area contributed by atoms with Gasteiger partial charge < -0.3 is 0 Å². The molecule has 20 heavy (non-hydrogen) atoms. The van der Waals surface area contributed by atoms with Crippen LogP contribution < -0.4 is 10.9 Å². The zero-order valence-corrected chi connectivity index (χ0v) is 13.7. The van der Waals surface area contributed by atoms with Crippen LogP contribution in [0.5, 0.6) is 0 Å². The standard InChI is InChI=1S/C8H11ClN4O.C4H8.C2H6/c1-5(2)8(14)13-12-7-6(9)10-3-4-11-7;1-4-2-3-4;1-2/h3-5H,1-2H3,(H,11,12)(H,13,14);4H,2-3H2,1H3;1-2H3. The van der Waals surface area contributed by atoms with Crippen LogP contribution >= 0.6 is 11.6 Å². The molecule has 1 aliphatic carbocycles. The number of carbonyl (C=O) groups is 1. The van der Waals surface area contributed by atoms with Crippen molar-refractivity contribution < 1.29 is 4.79 Å². The first kappa shape index (κ1) is 18.6. The van der Waals surface area contributed by atoms with E-state index in [1.165, 1.54) is 25.2 Å². The van der Waals surface area contributed by atoms with Crippen molar-refractivity contribution in [2.24, 2.45) is 11.8 Å². The molecule has 0 radical (unpaired) electrons. The van der Waals surface area contributed by atoms with Crippen molar-refractivity contribution in [1.82, 2.24) is 15.4 Å². The minimum absolute atomic E-state index is 0.0991. The van der Waals surface area contributed by atoms with Gasteiger partial charge in [0.1, 0.15) is 0 Å². The number of hydrogen-bond donors (Lipinski definition) is 2. The summed E-state index contributed by atoms with van der Waals surface area (Å²) < 4.78 is 0. The third-order valence-electron chi connectivity index (χ3n) is 2.35. The van der Waals surface area contributed by atoms with Crippen molar-refractivity contribution in [3.63, 3.8) is 0 Å². The lowest BCUT2D eigenvalue weighted by Gasteiger charge is -2.09. The van der Waals surface area contributed by atoms with Crippen LogP contribution in [0.3, 0.4) is 0 Å². The maximum Gasteiger partial charge on any atom is 0.240 e. The zero-order chi connectivity index (χ0) is 15.5. The molecule has 0 aromatic carbocycles. The van der Waals surface area contributed by atoms with Crippen LogP contribution in [-0.2, 0) is 4.79 Å². The number of halogens is 1. The molecule has 1 aliphatic rings. The molecular weight excluding hydrogens is 276 g/mol. The van der Waals surface area contributed by atoms with Crippen molar-refractivity contribution in [2.75, 3.05) is 5.43 Å². The van der Waals surface area contributed by atoms with Gasteiger partial charge in [-0.15, -0.1) is 0 Å². The summed E-state index contributed by atoms with van der Waals surface area (Å²) >= 11 is 5.70. The number of hydrazine groups is 1. The van der Waals surface area contributed by atoms with E-state index in [1.807, 2.05) is 13.8 Å². The normalized spacial score (nSPS) is 12.6. The van der Waals surface area contributed by atoms with Gasteiger partial charge in [-0.2, -0.15) is 0 Å². The molecule has 114 valence electrons. The van der Waals surface area contributed by atoms with E-state index in [-0.39, 0.29) is 17.0 Å². The molecule has 1 aromatic rings. The molecule has 0 unspecified atom stereocenters. The number of nitrogens with zero attached hydrogens (tertiary/aromatic N) is 2. The summed E-state index contributed by atoms with van der Waals surface area (Å²) in [6.07, 6.45) is 5.92. The van der Waals surface area contributed by atoms with Crippen LogP contribution in [-0.4, -0.2) is 15.9 Å². The molecule has 2 N–H and O–H groups in total. The average Bonchev–Trinajstić information content (AvgIpc) is 3.23. The van der Waals surface area contributed by atoms with E-state index in [2.05, 4.69) is 27.7 Å². The molecule has 2 rings (SSSR count). The number of anilines is 1. The molecule has 0 aliphatic heterocycles. The molecule has 1 heterocycles. The molecule has 0 spiro atoms. The van der Waals surface area contributed by atoms with E-state index in [9.17, 15) is 4.79 Å². The van der Waals surface area contributed by atoms with Crippen LogP contribution in [0.1, 0.15) is 47.5 Å². The largest absolute Gasteiger partial charge is 0.279 e. The van der Waals surface area contributed by atoms with Crippen LogP contribution in [0.2, 0.25) is 5.15 Å². The van der Waals surface area contributed by atoms with Crippen molar-refractivity contribution in [3.05, 3.63) is 17.5 Å². The summed E-state index contributed by atoms with van der Waals surface area (Å²) in [7, 11) is 0. The van der Waals surface area contributed by atoms with Gasteiger partial charge in [-0.05, 0) is 5.92 Å². The number of carbonyl (C=O) groups excluding carboxylic acids is 1. The van der Waals surface area contributed by atoms with E-state index < -0.39 is 0 Å². The number of nitrogens with one attached hydrogen (secondary N) is 2. The molecule has 0 bridgehead atoms. The average molecular weight is 301 g/mol. The van der Waals surface area contributed by atoms with Gasteiger partial charge in [-0.3, -0.25) is 15.6 Å². The van der Waals surface area contributed by atoms with Crippen LogP contribution in [0.4, 0.5) is 5.82 Å². The van der Waals surface area contributed by atoms with Gasteiger partial charge in [-0.25, -0.2) is 9.97 Å². The fourth-order valence-electron chi connectivity index (χ4n) is 0.837. The van der Waals surface area contributed by atoms with E-state index in [4.69, 9.17) is 11.6 Å². The van der Waals surface area contributed by atoms with Crippen LogP contribution in [0.15, 0.2) is 12.4 Å². The molecule has 6 heteroatoms. The fourth-order valence-corrected chi connectivity index (χ4v) is 0.989. The summed E-state index contributed by atoms with van der Waals surface area (Å²) in [4.78, 5) is 18.8. The highest BCUT2D eigenvalue weighted by Gasteiger charge is 2.12. The van der Waals surface area contributed by atoms with E-state index in [1.54, 1.807) is 13.8 Å². The monoisotopic (exact) mass is 300 g/mol. The Bertz CT molecular complexity index is 395. The Morgan fingerprint density at radius 2 is 1.80 bits per heavy atom. The van der Waals surface area contributed by atoms with Crippen molar-refractivity contribution in [2.45, 2.75) is 47.5 Å². The first-order valence-corrected chi connectivity index (χ1v) is 7.41. The summed E-state index contributed by atoms with van der Waals surface area (Å²) in [5.41, 5.74) is 5.05. The lowest BCUT2D eigenvalue weighted by molar-refractivity contribution is -0.123. The molecule has 0 atom stereocenters. The third-order valence-corrected chi connectivity index (χ3v) is 2.62. The summed E-state index contributed by atoms with van der Waals surface area (Å²) in [6.45, 7) is 9.85. The van der Waals surface area contributed by atoms with Gasteiger partial charge >= 0.3 is 0 Å². The highest BCUT2D eigenvalue weighted by molar-refractivity contribution is 6.31. The summed E-state index contributed by atoms with van der Waals surface area (Å²) in [5, 5.41) is 0.219. The van der Waals surface area contributed by atoms with E-state index in [0.717, 1.165) is 5.92 Å². The molecule has 1 fully saturated rings. The Morgan fingerprint density at radius 3 is 2.20 bits per heavy atom. The molecule has 1 saturated carbocycles. The lowest BCUT2D eigenvalue weighted by Crippen LogP contribution is -2.33. The minimum Gasteiger partial charge on any atom is -0.279 e. The maximum atomic E-state index is 11.2. The molecule has 0 saturated heterocycles. The van der Waals surface area contributed by atoms with Crippen molar-refractivity contribution in [3.8, 4) is 0 Å². The summed E-state index contributed by atoms with van der Waals surface area (Å²) in [6, 6.07) is 0. The zero-order valence-electron chi connectivity index (χ0n) is 12.9. The highest BCUT2D eigenvalue weighted by atomic mass is 35.5. The van der Waals surface area contributed by atoms with Gasteiger partial charge in [0.05, 0.1) is 0 Å². The summed E-state index contributed by atoms with van der Waals surface area (Å²) in [5.74, 6) is 1.19. The Kier molecular flexibility index (Phi) is 9.72. The van der Waals surface area contributed by atoms with Gasteiger partial charge in [0.15, 0.2) is 11.0 Å². The van der Waals surface area contributed by atoms with Crippen LogP contribution in [0, 0.1) is 11.8 Å². The molecular formula is C14H25ClN4O. The second-order valence-electron chi connectivity index (χ2n) is 4.65. The quantitative estimate of drug-likeness (QED) is 0.836. The Labute approximate surface area is 126 Å². The SMILES string of the molecule is CC.CC(C)C(=O)NNc1nccnc1Cl.CC1CC1. The third kappa shape index (κ3) is 8.69. The van der Waals surface area contributed by atoms with Crippen molar-refractivity contribution >= 4 is 23.3 Å². The Hall–Kier alpha value is -1.36. The fraction of sp³-hybridized carbons (Fsp3) is 0.643. The topological polar surface area (TPSA) is 66.9 Å². The minimum atomic E-state index is -0.133. The maximum absolute atomic E-state index is 11.2.